The number of ether oxygens (including phenoxy) is 1. The van der Waals surface area contributed by atoms with Crippen molar-refractivity contribution in [3.8, 4) is 6.07 Å². The molecular weight excluding hydrogens is 306 g/mol. The molecule has 0 saturated heterocycles. The quantitative estimate of drug-likeness (QED) is 0.813. The zero-order valence-corrected chi connectivity index (χ0v) is 14.8. The van der Waals surface area contributed by atoms with Crippen molar-refractivity contribution in [2.45, 2.75) is 45.8 Å². The molecule has 2 amide bonds. The fourth-order valence-corrected chi connectivity index (χ4v) is 1.98. The third-order valence-corrected chi connectivity index (χ3v) is 3.16. The molecule has 0 spiro atoms. The molecule has 0 fully saturated rings. The van der Waals surface area contributed by atoms with Crippen LogP contribution in [0.3, 0.4) is 0 Å². The van der Waals surface area contributed by atoms with Crippen LogP contribution in [0.4, 0.5) is 4.79 Å². The summed E-state index contributed by atoms with van der Waals surface area (Å²) >= 11 is 0. The Labute approximate surface area is 143 Å². The molecule has 0 bridgehead atoms. The summed E-state index contributed by atoms with van der Waals surface area (Å²) in [6.07, 6.45) is 0.430. The first-order valence-corrected chi connectivity index (χ1v) is 7.91. The Kier molecular flexibility index (Phi) is 7.25. The van der Waals surface area contributed by atoms with Crippen molar-refractivity contribution in [2.75, 3.05) is 13.6 Å². The lowest BCUT2D eigenvalue weighted by Gasteiger charge is -2.20. The molecule has 1 aromatic carbocycles. The molecule has 0 radical (unpaired) electrons. The molecule has 0 aliphatic rings. The summed E-state index contributed by atoms with van der Waals surface area (Å²) < 4.78 is 5.12. The van der Waals surface area contributed by atoms with Gasteiger partial charge in [0.1, 0.15) is 5.60 Å². The smallest absolute Gasteiger partial charge is 0.407 e. The van der Waals surface area contributed by atoms with Gasteiger partial charge in [0.05, 0.1) is 11.6 Å². The van der Waals surface area contributed by atoms with E-state index in [1.807, 2.05) is 12.1 Å². The number of carbonyl (C=O) groups is 2. The van der Waals surface area contributed by atoms with Crippen molar-refractivity contribution in [1.82, 2.24) is 10.2 Å². The van der Waals surface area contributed by atoms with Gasteiger partial charge in [-0.2, -0.15) is 5.26 Å². The topological polar surface area (TPSA) is 82.4 Å². The van der Waals surface area contributed by atoms with Gasteiger partial charge in [0, 0.05) is 26.6 Å². The van der Waals surface area contributed by atoms with Gasteiger partial charge in [0.15, 0.2) is 0 Å². The molecule has 1 aromatic rings. The highest BCUT2D eigenvalue weighted by molar-refractivity contribution is 5.76. The van der Waals surface area contributed by atoms with Crippen LogP contribution < -0.4 is 5.32 Å². The number of nitrogens with zero attached hydrogens (tertiary/aromatic N) is 2. The molecule has 6 nitrogen and oxygen atoms in total. The van der Waals surface area contributed by atoms with Gasteiger partial charge < -0.3 is 15.0 Å². The summed E-state index contributed by atoms with van der Waals surface area (Å²) in [6.45, 7) is 6.28. The number of rotatable bonds is 6. The third kappa shape index (κ3) is 7.63. The fourth-order valence-electron chi connectivity index (χ4n) is 1.98. The average Bonchev–Trinajstić information content (AvgIpc) is 2.50. The summed E-state index contributed by atoms with van der Waals surface area (Å²) in [7, 11) is 1.74. The predicted octanol–water partition coefficient (Wildman–Crippen LogP) is 2.82. The lowest BCUT2D eigenvalue weighted by molar-refractivity contribution is -0.130. The van der Waals surface area contributed by atoms with Gasteiger partial charge in [-0.25, -0.2) is 4.79 Å². The molecule has 0 unspecified atom stereocenters. The highest BCUT2D eigenvalue weighted by Gasteiger charge is 2.15. The van der Waals surface area contributed by atoms with Gasteiger partial charge in [-0.15, -0.1) is 0 Å². The molecule has 0 saturated carbocycles. The van der Waals surface area contributed by atoms with Gasteiger partial charge in [0.25, 0.3) is 0 Å². The first kappa shape index (κ1) is 19.5. The molecular formula is C18H25N3O3. The summed E-state index contributed by atoms with van der Waals surface area (Å²) in [4.78, 5) is 25.2. The molecule has 0 atom stereocenters. The monoisotopic (exact) mass is 331 g/mol. The third-order valence-electron chi connectivity index (χ3n) is 3.16. The minimum Gasteiger partial charge on any atom is -0.444 e. The largest absolute Gasteiger partial charge is 0.444 e. The van der Waals surface area contributed by atoms with E-state index in [2.05, 4.69) is 11.4 Å². The van der Waals surface area contributed by atoms with E-state index in [4.69, 9.17) is 10.00 Å². The van der Waals surface area contributed by atoms with Crippen molar-refractivity contribution in [3.63, 3.8) is 0 Å². The summed E-state index contributed by atoms with van der Waals surface area (Å²) in [6, 6.07) is 9.21. The van der Waals surface area contributed by atoms with Crippen LogP contribution in [0.2, 0.25) is 0 Å². The molecule has 130 valence electrons. The van der Waals surface area contributed by atoms with Gasteiger partial charge in [-0.05, 0) is 44.9 Å². The first-order chi connectivity index (χ1) is 11.2. The Morgan fingerprint density at radius 2 is 1.88 bits per heavy atom. The second-order valence-corrected chi connectivity index (χ2v) is 6.59. The van der Waals surface area contributed by atoms with Crippen LogP contribution in [0.5, 0.6) is 0 Å². The number of nitrogens with one attached hydrogen (secondary N) is 1. The number of benzene rings is 1. The van der Waals surface area contributed by atoms with Gasteiger partial charge in [0.2, 0.25) is 5.91 Å². The zero-order valence-electron chi connectivity index (χ0n) is 14.8. The normalized spacial score (nSPS) is 10.6. The summed E-state index contributed by atoms with van der Waals surface area (Å²) in [5.74, 6) is 0.00495. The molecule has 0 aromatic heterocycles. The fraction of sp³-hybridized carbons (Fsp3) is 0.500. The number of amides is 2. The predicted molar refractivity (Wildman–Crippen MR) is 91.1 cm³/mol. The lowest BCUT2D eigenvalue weighted by Crippen LogP contribution is -2.33. The second-order valence-electron chi connectivity index (χ2n) is 6.59. The Hall–Kier alpha value is -2.55. The number of alkyl carbamates (subject to hydrolysis) is 1. The number of hydrogen-bond acceptors (Lipinski definition) is 4. The SMILES string of the molecule is CN(Cc1ccc(C#N)cc1)C(=O)CCCNC(=O)OC(C)(C)C. The Balaban J connectivity index is 2.29. The van der Waals surface area contributed by atoms with E-state index in [-0.39, 0.29) is 5.91 Å². The van der Waals surface area contributed by atoms with E-state index in [1.165, 1.54) is 0 Å². The van der Waals surface area contributed by atoms with Crippen LogP contribution in [0, 0.1) is 11.3 Å². The number of carbonyl (C=O) groups excluding carboxylic acids is 2. The van der Waals surface area contributed by atoms with Crippen molar-refractivity contribution in [3.05, 3.63) is 35.4 Å². The average molecular weight is 331 g/mol. The van der Waals surface area contributed by atoms with Crippen molar-refractivity contribution in [1.29, 1.82) is 5.26 Å². The zero-order chi connectivity index (χ0) is 18.2. The molecule has 0 heterocycles. The summed E-state index contributed by atoms with van der Waals surface area (Å²) in [5.41, 5.74) is 1.04. The van der Waals surface area contributed by atoms with Crippen LogP contribution in [0.25, 0.3) is 0 Å². The van der Waals surface area contributed by atoms with Crippen LogP contribution >= 0.6 is 0 Å². The maximum absolute atomic E-state index is 12.1. The van der Waals surface area contributed by atoms with E-state index in [0.717, 1.165) is 5.56 Å². The Morgan fingerprint density at radius 3 is 2.42 bits per heavy atom. The highest BCUT2D eigenvalue weighted by Crippen LogP contribution is 2.08. The highest BCUT2D eigenvalue weighted by atomic mass is 16.6. The molecule has 1 N–H and O–H groups in total. The van der Waals surface area contributed by atoms with Crippen LogP contribution in [0.15, 0.2) is 24.3 Å². The number of nitriles is 1. The van der Waals surface area contributed by atoms with Crippen LogP contribution in [-0.2, 0) is 16.1 Å². The number of hydrogen-bond donors (Lipinski definition) is 1. The van der Waals surface area contributed by atoms with Crippen molar-refractivity contribution < 1.29 is 14.3 Å². The standard InChI is InChI=1S/C18H25N3O3/c1-18(2,3)24-17(23)20-11-5-6-16(22)21(4)13-15-9-7-14(12-19)8-10-15/h7-10H,5-6,11,13H2,1-4H3,(H,20,23). The molecule has 0 aliphatic carbocycles. The Bertz CT molecular complexity index is 597. The second kappa shape index (κ2) is 8.92. The van der Waals surface area contributed by atoms with Gasteiger partial charge >= 0.3 is 6.09 Å². The van der Waals surface area contributed by atoms with Crippen LogP contribution in [-0.4, -0.2) is 36.1 Å². The minimum absolute atomic E-state index is 0.00495. The van der Waals surface area contributed by atoms with E-state index >= 15 is 0 Å². The van der Waals surface area contributed by atoms with Gasteiger partial charge in [-0.1, -0.05) is 12.1 Å². The van der Waals surface area contributed by atoms with E-state index in [1.54, 1.807) is 44.9 Å². The van der Waals surface area contributed by atoms with Crippen molar-refractivity contribution >= 4 is 12.0 Å². The molecule has 1 rings (SSSR count). The molecule has 24 heavy (non-hydrogen) atoms. The lowest BCUT2D eigenvalue weighted by atomic mass is 10.1. The van der Waals surface area contributed by atoms with E-state index in [0.29, 0.717) is 31.5 Å². The minimum atomic E-state index is -0.527. The summed E-state index contributed by atoms with van der Waals surface area (Å²) in [5, 5.41) is 11.4. The Morgan fingerprint density at radius 1 is 1.25 bits per heavy atom. The van der Waals surface area contributed by atoms with E-state index < -0.39 is 11.7 Å². The van der Waals surface area contributed by atoms with Gasteiger partial charge in [-0.3, -0.25) is 4.79 Å². The molecule has 6 heteroatoms. The maximum atomic E-state index is 12.1. The first-order valence-electron chi connectivity index (χ1n) is 7.91. The maximum Gasteiger partial charge on any atom is 0.407 e. The van der Waals surface area contributed by atoms with Crippen molar-refractivity contribution in [2.24, 2.45) is 0 Å². The molecule has 0 aliphatic heterocycles. The van der Waals surface area contributed by atoms with E-state index in [9.17, 15) is 9.59 Å². The van der Waals surface area contributed by atoms with Crippen LogP contribution in [0.1, 0.15) is 44.7 Å².